The molecular formula is C15H9BrF2N2O2. The van der Waals surface area contributed by atoms with E-state index in [0.29, 0.717) is 26.8 Å². The smallest absolute Gasteiger partial charge is 0.387 e. The van der Waals surface area contributed by atoms with Crippen LogP contribution in [0.15, 0.2) is 51.7 Å². The summed E-state index contributed by atoms with van der Waals surface area (Å²) >= 11 is 3.16. The highest BCUT2D eigenvalue weighted by Gasteiger charge is 2.11. The molecule has 0 spiro atoms. The molecule has 1 N–H and O–H groups in total. The summed E-state index contributed by atoms with van der Waals surface area (Å²) in [6.45, 7) is -2.90. The first-order valence-corrected chi connectivity index (χ1v) is 7.07. The van der Waals surface area contributed by atoms with Crippen LogP contribution in [0.1, 0.15) is 0 Å². The second-order valence-electron chi connectivity index (χ2n) is 4.46. The fourth-order valence-corrected chi connectivity index (χ4v) is 2.54. The number of rotatable bonds is 3. The zero-order valence-electron chi connectivity index (χ0n) is 11.0. The van der Waals surface area contributed by atoms with Crippen LogP contribution in [0.5, 0.6) is 5.75 Å². The maximum Gasteiger partial charge on any atom is 0.387 e. The van der Waals surface area contributed by atoms with Crippen LogP contribution in [0.4, 0.5) is 8.78 Å². The number of nitrogens with zero attached hydrogens (tertiary/aromatic N) is 1. The van der Waals surface area contributed by atoms with Gasteiger partial charge in [-0.15, -0.1) is 0 Å². The molecule has 22 heavy (non-hydrogen) atoms. The molecule has 1 aromatic heterocycles. The van der Waals surface area contributed by atoms with Gasteiger partial charge >= 0.3 is 6.61 Å². The van der Waals surface area contributed by atoms with Crippen molar-refractivity contribution >= 4 is 26.8 Å². The number of nitrogens with one attached hydrogen (secondary N) is 1. The van der Waals surface area contributed by atoms with E-state index < -0.39 is 6.61 Å². The second-order valence-corrected chi connectivity index (χ2v) is 5.31. The number of ether oxygens (including phenoxy) is 1. The van der Waals surface area contributed by atoms with Crippen molar-refractivity contribution in [1.29, 1.82) is 0 Å². The van der Waals surface area contributed by atoms with Crippen molar-refractivity contribution in [3.63, 3.8) is 0 Å². The van der Waals surface area contributed by atoms with Gasteiger partial charge in [0.2, 0.25) is 0 Å². The van der Waals surface area contributed by atoms with Gasteiger partial charge in [0.25, 0.3) is 5.56 Å². The molecule has 7 heteroatoms. The predicted molar refractivity (Wildman–Crippen MR) is 82.1 cm³/mol. The lowest BCUT2D eigenvalue weighted by Gasteiger charge is -2.08. The van der Waals surface area contributed by atoms with Gasteiger partial charge in [-0.2, -0.15) is 8.78 Å². The van der Waals surface area contributed by atoms with Crippen LogP contribution in [-0.2, 0) is 0 Å². The molecular weight excluding hydrogens is 358 g/mol. The average Bonchev–Trinajstić information content (AvgIpc) is 2.49. The lowest BCUT2D eigenvalue weighted by Crippen LogP contribution is -2.09. The molecule has 0 saturated carbocycles. The van der Waals surface area contributed by atoms with E-state index in [1.807, 2.05) is 0 Å². The molecule has 0 radical (unpaired) electrons. The molecule has 0 unspecified atom stereocenters. The van der Waals surface area contributed by atoms with Gasteiger partial charge in [0.05, 0.1) is 15.4 Å². The summed E-state index contributed by atoms with van der Waals surface area (Å²) in [4.78, 5) is 19.1. The van der Waals surface area contributed by atoms with Crippen molar-refractivity contribution < 1.29 is 13.5 Å². The summed E-state index contributed by atoms with van der Waals surface area (Å²) in [5, 5.41) is 0.489. The quantitative estimate of drug-likeness (QED) is 0.763. The normalized spacial score (nSPS) is 11.1. The Hall–Kier alpha value is -2.28. The fraction of sp³-hybridized carbons (Fsp3) is 0.0667. The van der Waals surface area contributed by atoms with Crippen molar-refractivity contribution in [1.82, 2.24) is 9.97 Å². The number of hydrogen-bond donors (Lipinski definition) is 1. The Morgan fingerprint density at radius 3 is 2.68 bits per heavy atom. The van der Waals surface area contributed by atoms with Crippen LogP contribution in [-0.4, -0.2) is 16.6 Å². The first-order valence-electron chi connectivity index (χ1n) is 6.28. The molecule has 3 rings (SSSR count). The molecule has 0 aliphatic rings. The molecule has 0 amide bonds. The van der Waals surface area contributed by atoms with Gasteiger partial charge in [0, 0.05) is 5.56 Å². The molecule has 112 valence electrons. The van der Waals surface area contributed by atoms with Gasteiger partial charge in [0.1, 0.15) is 11.6 Å². The number of alkyl halides is 2. The number of benzene rings is 2. The first-order chi connectivity index (χ1) is 10.5. The monoisotopic (exact) mass is 366 g/mol. The van der Waals surface area contributed by atoms with Gasteiger partial charge in [-0.05, 0) is 46.3 Å². The zero-order valence-corrected chi connectivity index (χ0v) is 12.6. The Balaban J connectivity index is 2.08. The lowest BCUT2D eigenvalue weighted by molar-refractivity contribution is -0.0503. The average molecular weight is 367 g/mol. The predicted octanol–water partition coefficient (Wildman–Crippen LogP) is 3.95. The number of aromatic amines is 1. The third-order valence-electron chi connectivity index (χ3n) is 3.03. The maximum absolute atomic E-state index is 12.2. The number of halogens is 3. The van der Waals surface area contributed by atoms with E-state index in [0.717, 1.165) is 0 Å². The highest BCUT2D eigenvalue weighted by Crippen LogP contribution is 2.30. The Morgan fingerprint density at radius 1 is 1.18 bits per heavy atom. The van der Waals surface area contributed by atoms with Crippen LogP contribution in [0.3, 0.4) is 0 Å². The largest absolute Gasteiger partial charge is 0.434 e. The van der Waals surface area contributed by atoms with Crippen molar-refractivity contribution in [3.05, 3.63) is 57.3 Å². The molecule has 0 aliphatic heterocycles. The van der Waals surface area contributed by atoms with Crippen LogP contribution >= 0.6 is 15.9 Å². The second kappa shape index (κ2) is 5.84. The van der Waals surface area contributed by atoms with Crippen LogP contribution in [0, 0.1) is 0 Å². The number of aromatic nitrogens is 2. The van der Waals surface area contributed by atoms with Crippen LogP contribution in [0.2, 0.25) is 0 Å². The molecule has 0 fully saturated rings. The summed E-state index contributed by atoms with van der Waals surface area (Å²) < 4.78 is 29.2. The molecule has 1 heterocycles. The van der Waals surface area contributed by atoms with E-state index in [4.69, 9.17) is 0 Å². The fourth-order valence-electron chi connectivity index (χ4n) is 2.06. The molecule has 0 aliphatic carbocycles. The van der Waals surface area contributed by atoms with E-state index in [2.05, 4.69) is 30.6 Å². The summed E-state index contributed by atoms with van der Waals surface area (Å²) in [5.74, 6) is 0.370. The molecule has 0 atom stereocenters. The van der Waals surface area contributed by atoms with Crippen molar-refractivity contribution in [2.45, 2.75) is 6.61 Å². The Kier molecular flexibility index (Phi) is 3.89. The SMILES string of the molecule is O=c1[nH]c(-c2ccc(OC(F)F)c(Br)c2)nc2ccccc12. The van der Waals surface area contributed by atoms with E-state index in [1.165, 1.54) is 6.07 Å². The molecule has 2 aromatic carbocycles. The first kappa shape index (κ1) is 14.6. The molecule has 4 nitrogen and oxygen atoms in total. The number of fused-ring (bicyclic) bond motifs is 1. The minimum absolute atomic E-state index is 0.0156. The Morgan fingerprint density at radius 2 is 1.95 bits per heavy atom. The Labute approximate surface area is 131 Å². The number of hydrogen-bond acceptors (Lipinski definition) is 3. The number of para-hydroxylation sites is 1. The van der Waals surface area contributed by atoms with Gasteiger partial charge in [-0.1, -0.05) is 12.1 Å². The standard InChI is InChI=1S/C15H9BrF2N2O2/c16-10-7-8(5-6-12(10)22-15(17)18)13-19-11-4-2-1-3-9(11)14(21)20-13/h1-7,15H,(H,19,20,21). The number of H-pyrrole nitrogens is 1. The molecule has 0 saturated heterocycles. The van der Waals surface area contributed by atoms with Crippen LogP contribution < -0.4 is 10.3 Å². The van der Waals surface area contributed by atoms with Crippen molar-refractivity contribution in [3.8, 4) is 17.1 Å². The van der Waals surface area contributed by atoms with E-state index in [-0.39, 0.29) is 11.3 Å². The lowest BCUT2D eigenvalue weighted by atomic mass is 10.2. The summed E-state index contributed by atoms with van der Waals surface area (Å²) in [6, 6.07) is 11.5. The maximum atomic E-state index is 12.2. The highest BCUT2D eigenvalue weighted by atomic mass is 79.9. The minimum atomic E-state index is -2.90. The third-order valence-corrected chi connectivity index (χ3v) is 3.65. The third kappa shape index (κ3) is 2.85. The van der Waals surface area contributed by atoms with Gasteiger partial charge in [-0.25, -0.2) is 4.98 Å². The van der Waals surface area contributed by atoms with E-state index in [1.54, 1.807) is 36.4 Å². The van der Waals surface area contributed by atoms with Gasteiger partial charge in [0.15, 0.2) is 0 Å². The topological polar surface area (TPSA) is 55.0 Å². The van der Waals surface area contributed by atoms with Crippen molar-refractivity contribution in [2.75, 3.05) is 0 Å². The molecule has 0 bridgehead atoms. The summed E-state index contributed by atoms with van der Waals surface area (Å²) in [6.07, 6.45) is 0. The van der Waals surface area contributed by atoms with Gasteiger partial charge in [-0.3, -0.25) is 4.79 Å². The van der Waals surface area contributed by atoms with E-state index >= 15 is 0 Å². The Bertz CT molecular complexity index is 896. The van der Waals surface area contributed by atoms with Gasteiger partial charge < -0.3 is 9.72 Å². The zero-order chi connectivity index (χ0) is 15.7. The highest BCUT2D eigenvalue weighted by molar-refractivity contribution is 9.10. The van der Waals surface area contributed by atoms with Crippen molar-refractivity contribution in [2.24, 2.45) is 0 Å². The summed E-state index contributed by atoms with van der Waals surface area (Å²) in [5.41, 5.74) is 0.881. The molecule has 3 aromatic rings. The van der Waals surface area contributed by atoms with Crippen LogP contribution in [0.25, 0.3) is 22.3 Å². The summed E-state index contributed by atoms with van der Waals surface area (Å²) in [7, 11) is 0. The van der Waals surface area contributed by atoms with E-state index in [9.17, 15) is 13.6 Å². The minimum Gasteiger partial charge on any atom is -0.434 e.